The van der Waals surface area contributed by atoms with Gasteiger partial charge in [-0.3, -0.25) is 14.2 Å². The molecule has 2 saturated carbocycles. The number of hydrogen-bond donors (Lipinski definition) is 1. The second-order valence-corrected chi connectivity index (χ2v) is 12.2. The van der Waals surface area contributed by atoms with Crippen molar-refractivity contribution in [2.24, 2.45) is 11.8 Å². The second-order valence-electron chi connectivity index (χ2n) is 11.0. The molecule has 2 aromatic heterocycles. The zero-order chi connectivity index (χ0) is 26.7. The zero-order valence-electron chi connectivity index (χ0n) is 21.3. The summed E-state index contributed by atoms with van der Waals surface area (Å²) in [5.74, 6) is 1.64. The lowest BCUT2D eigenvalue weighted by Crippen LogP contribution is -2.25. The summed E-state index contributed by atoms with van der Waals surface area (Å²) in [4.78, 5) is 28.4. The van der Waals surface area contributed by atoms with Crippen molar-refractivity contribution in [1.82, 2.24) is 14.8 Å². The molecule has 7 rings (SSSR count). The van der Waals surface area contributed by atoms with Crippen LogP contribution in [0.3, 0.4) is 0 Å². The highest BCUT2D eigenvalue weighted by Gasteiger charge is 2.43. The average Bonchev–Trinajstić information content (AvgIpc) is 3.81. The number of hydrogen-bond acceptors (Lipinski definition) is 8. The molecular formula is C28H28F2N4O4S. The first-order valence-electron chi connectivity index (χ1n) is 13.6. The van der Waals surface area contributed by atoms with Gasteiger partial charge in [-0.2, -0.15) is 0 Å². The minimum atomic E-state index is -3.68. The summed E-state index contributed by atoms with van der Waals surface area (Å²) >= 11 is 1.65. The molecule has 1 N–H and O–H groups in total. The number of aromatic nitrogens is 3. The van der Waals surface area contributed by atoms with Gasteiger partial charge in [0, 0.05) is 51.9 Å². The van der Waals surface area contributed by atoms with E-state index >= 15 is 0 Å². The predicted molar refractivity (Wildman–Crippen MR) is 139 cm³/mol. The fourth-order valence-corrected chi connectivity index (χ4v) is 7.02. The molecule has 1 aromatic carbocycles. The summed E-state index contributed by atoms with van der Waals surface area (Å²) < 4.78 is 37.9. The molecule has 3 heterocycles. The third-order valence-corrected chi connectivity index (χ3v) is 9.35. The van der Waals surface area contributed by atoms with E-state index in [2.05, 4.69) is 25.0 Å². The van der Waals surface area contributed by atoms with Gasteiger partial charge in [-0.1, -0.05) is 12.8 Å². The van der Waals surface area contributed by atoms with Gasteiger partial charge in [0.25, 0.3) is 0 Å². The number of anilines is 2. The standard InChI is InChI=1S/C28H28F2N4O4S/c29-28(30)37-22-9-6-17(11-23(22)38-28)32-27-33-31-14-34(27)18-7-10-24-19(12-18)26(20(35)8-3-15-1-2-15)25(39-24)13-21(36)16-4-5-16/h6,9,11,14-16,18H,1-5,7-8,10,12-13H2,(H,32,33)/t18-/m0/s1. The zero-order valence-corrected chi connectivity index (χ0v) is 22.1. The quantitative estimate of drug-likeness (QED) is 0.306. The summed E-state index contributed by atoms with van der Waals surface area (Å²) in [5, 5.41) is 11.5. The van der Waals surface area contributed by atoms with Crippen molar-refractivity contribution in [2.75, 3.05) is 5.32 Å². The number of nitrogens with one attached hydrogen (secondary N) is 1. The Morgan fingerprint density at radius 2 is 1.95 bits per heavy atom. The van der Waals surface area contributed by atoms with E-state index in [1.807, 2.05) is 4.57 Å². The summed E-state index contributed by atoms with van der Waals surface area (Å²) in [6.07, 6.45) is 6.41. The first-order valence-corrected chi connectivity index (χ1v) is 14.4. The highest BCUT2D eigenvalue weighted by molar-refractivity contribution is 7.12. The molecule has 0 unspecified atom stereocenters. The molecule has 0 spiro atoms. The first kappa shape index (κ1) is 24.7. The number of benzene rings is 1. The van der Waals surface area contributed by atoms with Gasteiger partial charge >= 0.3 is 6.29 Å². The third kappa shape index (κ3) is 5.04. The van der Waals surface area contributed by atoms with E-state index in [0.717, 1.165) is 48.1 Å². The van der Waals surface area contributed by atoms with Crippen molar-refractivity contribution in [3.8, 4) is 11.5 Å². The van der Waals surface area contributed by atoms with Gasteiger partial charge < -0.3 is 14.8 Å². The van der Waals surface area contributed by atoms with Crippen LogP contribution < -0.4 is 14.8 Å². The fourth-order valence-electron chi connectivity index (χ4n) is 5.64. The molecule has 1 atom stereocenters. The molecular weight excluding hydrogens is 526 g/mol. The van der Waals surface area contributed by atoms with Crippen molar-refractivity contribution < 1.29 is 27.8 Å². The normalized spacial score (nSPS) is 21.0. The first-order chi connectivity index (χ1) is 18.8. The van der Waals surface area contributed by atoms with E-state index in [-0.39, 0.29) is 35.0 Å². The number of rotatable bonds is 10. The Hall–Kier alpha value is -3.34. The Morgan fingerprint density at radius 3 is 2.74 bits per heavy atom. The summed E-state index contributed by atoms with van der Waals surface area (Å²) in [5.41, 5.74) is 2.36. The topological polar surface area (TPSA) is 95.3 Å². The van der Waals surface area contributed by atoms with Crippen molar-refractivity contribution >= 4 is 34.5 Å². The van der Waals surface area contributed by atoms with Crippen LogP contribution in [0.5, 0.6) is 11.5 Å². The van der Waals surface area contributed by atoms with Gasteiger partial charge in [-0.05, 0) is 62.1 Å². The van der Waals surface area contributed by atoms with Gasteiger partial charge in [0.1, 0.15) is 12.1 Å². The number of ether oxygens (including phenoxy) is 2. The summed E-state index contributed by atoms with van der Waals surface area (Å²) in [6, 6.07) is 4.47. The Morgan fingerprint density at radius 1 is 1.13 bits per heavy atom. The Balaban J connectivity index is 1.13. The van der Waals surface area contributed by atoms with Gasteiger partial charge in [0.05, 0.1) is 0 Å². The molecule has 39 heavy (non-hydrogen) atoms. The van der Waals surface area contributed by atoms with Crippen molar-refractivity contribution in [3.05, 3.63) is 45.4 Å². The van der Waals surface area contributed by atoms with Gasteiger partial charge in [0.2, 0.25) is 5.95 Å². The number of Topliss-reactive ketones (excluding diaryl/α,β-unsaturated/α-hetero) is 2. The van der Waals surface area contributed by atoms with E-state index in [9.17, 15) is 18.4 Å². The third-order valence-electron chi connectivity index (χ3n) is 8.05. The van der Waals surface area contributed by atoms with Gasteiger partial charge in [-0.15, -0.1) is 30.3 Å². The van der Waals surface area contributed by atoms with Crippen molar-refractivity contribution in [1.29, 1.82) is 0 Å². The van der Waals surface area contributed by atoms with Crippen molar-refractivity contribution in [2.45, 2.75) is 76.5 Å². The second kappa shape index (κ2) is 9.39. The SMILES string of the molecule is O=C(CCC1CC1)c1c(CC(=O)C2CC2)sc2c1C[C@@H](n1cnnc1Nc1ccc3c(c1)OC(F)(F)O3)CC2. The molecule has 8 nitrogen and oxygen atoms in total. The lowest BCUT2D eigenvalue weighted by molar-refractivity contribution is -0.286. The number of fused-ring (bicyclic) bond motifs is 2. The molecule has 11 heteroatoms. The predicted octanol–water partition coefficient (Wildman–Crippen LogP) is 6.03. The maximum Gasteiger partial charge on any atom is 0.586 e. The number of alkyl halides is 2. The van der Waals surface area contributed by atoms with E-state index in [0.29, 0.717) is 36.8 Å². The minimum absolute atomic E-state index is 0.00455. The smallest absolute Gasteiger partial charge is 0.395 e. The summed E-state index contributed by atoms with van der Waals surface area (Å²) in [7, 11) is 0. The molecule has 0 saturated heterocycles. The monoisotopic (exact) mass is 554 g/mol. The van der Waals surface area contributed by atoms with Gasteiger partial charge in [-0.25, -0.2) is 0 Å². The fraction of sp³-hybridized carbons (Fsp3) is 0.500. The lowest BCUT2D eigenvalue weighted by atomic mass is 9.88. The number of carbonyl (C=O) groups is 2. The van der Waals surface area contributed by atoms with Crippen LogP contribution in [0, 0.1) is 11.8 Å². The highest BCUT2D eigenvalue weighted by atomic mass is 32.1. The lowest BCUT2D eigenvalue weighted by Gasteiger charge is -2.25. The maximum atomic E-state index is 13.5. The molecule has 3 aromatic rings. The van der Waals surface area contributed by atoms with Crippen LogP contribution in [0.1, 0.15) is 76.7 Å². The average molecular weight is 555 g/mol. The number of ketones is 2. The molecule has 1 aliphatic heterocycles. The molecule has 2 fully saturated rings. The molecule has 3 aliphatic carbocycles. The molecule has 4 aliphatic rings. The number of thiophene rings is 1. The van der Waals surface area contributed by atoms with Crippen LogP contribution in [0.4, 0.5) is 20.4 Å². The van der Waals surface area contributed by atoms with E-state index in [1.165, 1.54) is 29.9 Å². The Bertz CT molecular complexity index is 1460. The Labute approximate surface area is 227 Å². The Kier molecular flexibility index (Phi) is 5.94. The van der Waals surface area contributed by atoms with Crippen LogP contribution in [-0.4, -0.2) is 32.6 Å². The number of halogens is 2. The largest absolute Gasteiger partial charge is 0.586 e. The van der Waals surface area contributed by atoms with E-state index in [1.54, 1.807) is 23.7 Å². The molecule has 204 valence electrons. The van der Waals surface area contributed by atoms with Crippen LogP contribution >= 0.6 is 11.3 Å². The van der Waals surface area contributed by atoms with Crippen LogP contribution in [0.25, 0.3) is 0 Å². The number of carbonyl (C=O) groups excluding carboxylic acids is 2. The maximum absolute atomic E-state index is 13.5. The molecule has 0 amide bonds. The number of nitrogens with zero attached hydrogens (tertiary/aromatic N) is 3. The molecule has 0 bridgehead atoms. The van der Waals surface area contributed by atoms with Crippen LogP contribution in [0.2, 0.25) is 0 Å². The highest BCUT2D eigenvalue weighted by Crippen LogP contribution is 2.44. The molecule has 0 radical (unpaired) electrons. The van der Waals surface area contributed by atoms with Crippen LogP contribution in [0.15, 0.2) is 24.5 Å². The van der Waals surface area contributed by atoms with Crippen LogP contribution in [-0.2, 0) is 24.1 Å². The summed E-state index contributed by atoms with van der Waals surface area (Å²) in [6.45, 7) is 0. The van der Waals surface area contributed by atoms with E-state index in [4.69, 9.17) is 0 Å². The number of aryl methyl sites for hydroxylation is 1. The van der Waals surface area contributed by atoms with E-state index < -0.39 is 6.29 Å². The van der Waals surface area contributed by atoms with Gasteiger partial charge in [0.15, 0.2) is 17.3 Å². The van der Waals surface area contributed by atoms with Crippen molar-refractivity contribution in [3.63, 3.8) is 0 Å². The minimum Gasteiger partial charge on any atom is -0.395 e.